The second kappa shape index (κ2) is 5.51. The number of nitrogens with one attached hydrogen (secondary N) is 1. The summed E-state index contributed by atoms with van der Waals surface area (Å²) in [4.78, 5) is 12.5. The molecule has 1 aromatic carbocycles. The van der Waals surface area contributed by atoms with Crippen molar-refractivity contribution in [3.05, 3.63) is 18.2 Å². The van der Waals surface area contributed by atoms with Gasteiger partial charge >= 0.3 is 0 Å². The van der Waals surface area contributed by atoms with Gasteiger partial charge in [-0.25, -0.2) is 0 Å². The van der Waals surface area contributed by atoms with E-state index in [9.17, 15) is 4.79 Å². The summed E-state index contributed by atoms with van der Waals surface area (Å²) < 4.78 is 5.10. The van der Waals surface area contributed by atoms with Gasteiger partial charge in [0.25, 0.3) is 0 Å². The summed E-state index contributed by atoms with van der Waals surface area (Å²) in [6.07, 6.45) is 5.12. The summed E-state index contributed by atoms with van der Waals surface area (Å²) in [6.45, 7) is 2.09. The number of carbonyl (C=O) groups is 1. The molecule has 0 aliphatic heterocycles. The Bertz CT molecular complexity index is 465. The summed E-state index contributed by atoms with van der Waals surface area (Å²) in [6, 6.07) is 5.33. The number of amides is 1. The maximum atomic E-state index is 12.5. The predicted octanol–water partition coefficient (Wildman–Crippen LogP) is 3.19. The molecule has 4 nitrogen and oxygen atoms in total. The van der Waals surface area contributed by atoms with E-state index in [1.165, 1.54) is 0 Å². The Morgan fingerprint density at radius 3 is 2.63 bits per heavy atom. The van der Waals surface area contributed by atoms with Crippen molar-refractivity contribution < 1.29 is 9.53 Å². The zero-order valence-corrected chi connectivity index (χ0v) is 11.7. The predicted molar refractivity (Wildman–Crippen MR) is 77.2 cm³/mol. The van der Waals surface area contributed by atoms with Gasteiger partial charge in [-0.1, -0.05) is 19.8 Å². The highest BCUT2D eigenvalue weighted by Crippen LogP contribution is 2.42. The Labute approximate surface area is 114 Å². The van der Waals surface area contributed by atoms with Crippen LogP contribution in [0.3, 0.4) is 0 Å². The molecule has 0 bridgehead atoms. The number of nitrogen functional groups attached to an aromatic ring is 1. The van der Waals surface area contributed by atoms with Crippen LogP contribution in [0.4, 0.5) is 11.4 Å². The highest BCUT2D eigenvalue weighted by Gasteiger charge is 2.39. The molecular formula is C15H22N2O2. The van der Waals surface area contributed by atoms with Crippen LogP contribution in [-0.2, 0) is 4.79 Å². The number of ether oxygens (including phenoxy) is 1. The number of carbonyl (C=O) groups excluding carboxylic acids is 1. The Hall–Kier alpha value is -1.71. The van der Waals surface area contributed by atoms with E-state index in [1.807, 2.05) is 0 Å². The molecule has 1 aromatic rings. The van der Waals surface area contributed by atoms with E-state index in [0.717, 1.165) is 32.1 Å². The minimum atomic E-state index is -0.202. The van der Waals surface area contributed by atoms with Crippen LogP contribution in [0.5, 0.6) is 5.75 Å². The molecule has 0 atom stereocenters. The van der Waals surface area contributed by atoms with Crippen LogP contribution < -0.4 is 15.8 Å². The minimum absolute atomic E-state index is 0.101. The normalized spacial score (nSPS) is 17.2. The topological polar surface area (TPSA) is 64.3 Å². The van der Waals surface area contributed by atoms with Gasteiger partial charge in [0.05, 0.1) is 18.5 Å². The van der Waals surface area contributed by atoms with Gasteiger partial charge < -0.3 is 15.8 Å². The molecule has 0 unspecified atom stereocenters. The molecule has 4 heteroatoms. The van der Waals surface area contributed by atoms with Crippen LogP contribution >= 0.6 is 0 Å². The first-order valence-corrected chi connectivity index (χ1v) is 6.86. The molecule has 3 N–H and O–H groups in total. The summed E-state index contributed by atoms with van der Waals surface area (Å²) >= 11 is 0. The molecule has 1 aliphatic rings. The molecule has 104 valence electrons. The van der Waals surface area contributed by atoms with Crippen molar-refractivity contribution in [2.75, 3.05) is 18.2 Å². The molecule has 1 amide bonds. The average Bonchev–Trinajstić information content (AvgIpc) is 2.91. The summed E-state index contributed by atoms with van der Waals surface area (Å²) in [5.41, 5.74) is 6.94. The van der Waals surface area contributed by atoms with Crippen LogP contribution in [0.1, 0.15) is 39.0 Å². The Morgan fingerprint density at radius 2 is 2.11 bits per heavy atom. The summed E-state index contributed by atoms with van der Waals surface area (Å²) in [7, 11) is 1.59. The lowest BCUT2D eigenvalue weighted by molar-refractivity contribution is -0.125. The smallest absolute Gasteiger partial charge is 0.230 e. The zero-order chi connectivity index (χ0) is 13.9. The van der Waals surface area contributed by atoms with Crippen molar-refractivity contribution in [2.45, 2.75) is 39.0 Å². The van der Waals surface area contributed by atoms with Crippen LogP contribution in [0, 0.1) is 5.41 Å². The van der Waals surface area contributed by atoms with Crippen LogP contribution in [-0.4, -0.2) is 13.0 Å². The number of hydrogen-bond acceptors (Lipinski definition) is 3. The van der Waals surface area contributed by atoms with Gasteiger partial charge in [-0.15, -0.1) is 0 Å². The highest BCUT2D eigenvalue weighted by atomic mass is 16.5. The Kier molecular flexibility index (Phi) is 3.98. The molecule has 0 spiro atoms. The fourth-order valence-corrected chi connectivity index (χ4v) is 2.83. The number of anilines is 2. The highest BCUT2D eigenvalue weighted by molar-refractivity contribution is 5.98. The maximum Gasteiger partial charge on any atom is 0.230 e. The monoisotopic (exact) mass is 262 g/mol. The SMILES string of the molecule is CCC1(C(=O)Nc2ccc(OC)cc2N)CCCC1. The lowest BCUT2D eigenvalue weighted by Crippen LogP contribution is -2.33. The van der Waals surface area contributed by atoms with E-state index in [0.29, 0.717) is 17.1 Å². The molecule has 0 saturated heterocycles. The fourth-order valence-electron chi connectivity index (χ4n) is 2.83. The third kappa shape index (κ3) is 2.67. The van der Waals surface area contributed by atoms with Crippen LogP contribution in [0.15, 0.2) is 18.2 Å². The van der Waals surface area contributed by atoms with Crippen LogP contribution in [0.2, 0.25) is 0 Å². The minimum Gasteiger partial charge on any atom is -0.497 e. The molecule has 1 aliphatic carbocycles. The maximum absolute atomic E-state index is 12.5. The number of methoxy groups -OCH3 is 1. The van der Waals surface area contributed by atoms with E-state index >= 15 is 0 Å². The molecule has 1 saturated carbocycles. The van der Waals surface area contributed by atoms with Crippen molar-refractivity contribution in [1.82, 2.24) is 0 Å². The van der Waals surface area contributed by atoms with E-state index in [2.05, 4.69) is 12.2 Å². The van der Waals surface area contributed by atoms with Crippen molar-refractivity contribution >= 4 is 17.3 Å². The van der Waals surface area contributed by atoms with Gasteiger partial charge in [0, 0.05) is 11.5 Å². The second-order valence-corrected chi connectivity index (χ2v) is 5.25. The lowest BCUT2D eigenvalue weighted by atomic mass is 9.82. The number of hydrogen-bond donors (Lipinski definition) is 2. The molecule has 0 heterocycles. The summed E-state index contributed by atoms with van der Waals surface area (Å²) in [5.74, 6) is 0.797. The number of benzene rings is 1. The van der Waals surface area contributed by atoms with Gasteiger partial charge in [-0.3, -0.25) is 4.79 Å². The Balaban J connectivity index is 2.14. The van der Waals surface area contributed by atoms with Crippen molar-refractivity contribution in [2.24, 2.45) is 5.41 Å². The second-order valence-electron chi connectivity index (χ2n) is 5.25. The lowest BCUT2D eigenvalue weighted by Gasteiger charge is -2.26. The molecule has 19 heavy (non-hydrogen) atoms. The molecule has 0 aromatic heterocycles. The molecule has 0 radical (unpaired) electrons. The average molecular weight is 262 g/mol. The van der Waals surface area contributed by atoms with E-state index < -0.39 is 0 Å². The van der Waals surface area contributed by atoms with E-state index in [-0.39, 0.29) is 11.3 Å². The van der Waals surface area contributed by atoms with Gasteiger partial charge in [-0.05, 0) is 31.4 Å². The van der Waals surface area contributed by atoms with Gasteiger partial charge in [0.15, 0.2) is 0 Å². The van der Waals surface area contributed by atoms with Crippen molar-refractivity contribution in [3.8, 4) is 5.75 Å². The quantitative estimate of drug-likeness (QED) is 0.819. The largest absolute Gasteiger partial charge is 0.497 e. The third-order valence-electron chi connectivity index (χ3n) is 4.23. The van der Waals surface area contributed by atoms with E-state index in [1.54, 1.807) is 25.3 Å². The number of rotatable bonds is 4. The van der Waals surface area contributed by atoms with E-state index in [4.69, 9.17) is 10.5 Å². The first-order valence-electron chi connectivity index (χ1n) is 6.86. The zero-order valence-electron chi connectivity index (χ0n) is 11.7. The van der Waals surface area contributed by atoms with Crippen molar-refractivity contribution in [3.63, 3.8) is 0 Å². The Morgan fingerprint density at radius 1 is 1.42 bits per heavy atom. The van der Waals surface area contributed by atoms with Crippen molar-refractivity contribution in [1.29, 1.82) is 0 Å². The first-order chi connectivity index (χ1) is 9.11. The molecule has 2 rings (SSSR count). The first kappa shape index (κ1) is 13.7. The van der Waals surface area contributed by atoms with Crippen LogP contribution in [0.25, 0.3) is 0 Å². The van der Waals surface area contributed by atoms with Gasteiger partial charge in [0.1, 0.15) is 5.75 Å². The summed E-state index contributed by atoms with van der Waals surface area (Å²) in [5, 5.41) is 2.98. The van der Waals surface area contributed by atoms with Gasteiger partial charge in [-0.2, -0.15) is 0 Å². The third-order valence-corrected chi connectivity index (χ3v) is 4.23. The molecular weight excluding hydrogens is 240 g/mol. The van der Waals surface area contributed by atoms with Gasteiger partial charge in [0.2, 0.25) is 5.91 Å². The standard InChI is InChI=1S/C15H22N2O2/c1-3-15(8-4-5-9-15)14(18)17-13-7-6-11(19-2)10-12(13)16/h6-7,10H,3-5,8-9,16H2,1-2H3,(H,17,18). The molecule has 1 fully saturated rings. The number of nitrogens with two attached hydrogens (primary N) is 1. The fraction of sp³-hybridized carbons (Fsp3) is 0.533.